The van der Waals surface area contributed by atoms with E-state index in [9.17, 15) is 14.4 Å². The topological polar surface area (TPSA) is 88.4 Å². The van der Waals surface area contributed by atoms with Gasteiger partial charge in [0.2, 0.25) is 0 Å². The number of furan rings is 1. The lowest BCUT2D eigenvalue weighted by Crippen LogP contribution is -2.27. The van der Waals surface area contributed by atoms with E-state index >= 15 is 0 Å². The molecular formula is C25H24N2O4. The van der Waals surface area contributed by atoms with E-state index in [4.69, 9.17) is 4.42 Å². The van der Waals surface area contributed by atoms with E-state index in [2.05, 4.69) is 10.6 Å². The summed E-state index contributed by atoms with van der Waals surface area (Å²) in [6.07, 6.45) is 1.91. The molecule has 1 aliphatic rings. The number of rotatable bonds is 5. The Morgan fingerprint density at radius 2 is 1.77 bits per heavy atom. The van der Waals surface area contributed by atoms with Gasteiger partial charge in [0.05, 0.1) is 11.6 Å². The van der Waals surface area contributed by atoms with Gasteiger partial charge in [0.25, 0.3) is 11.8 Å². The number of hydrogen-bond donors (Lipinski definition) is 2. The van der Waals surface area contributed by atoms with Crippen molar-refractivity contribution in [1.29, 1.82) is 0 Å². The van der Waals surface area contributed by atoms with Crippen LogP contribution in [0.3, 0.4) is 0 Å². The van der Waals surface area contributed by atoms with E-state index in [-0.39, 0.29) is 29.4 Å². The van der Waals surface area contributed by atoms with Crippen molar-refractivity contribution in [2.75, 3.05) is 5.32 Å². The van der Waals surface area contributed by atoms with Crippen LogP contribution >= 0.6 is 0 Å². The highest BCUT2D eigenvalue weighted by Gasteiger charge is 2.29. The number of amides is 2. The van der Waals surface area contributed by atoms with Crippen molar-refractivity contribution in [3.63, 3.8) is 0 Å². The van der Waals surface area contributed by atoms with Crippen LogP contribution in [0.2, 0.25) is 0 Å². The molecule has 3 aromatic rings. The quantitative estimate of drug-likeness (QED) is 0.622. The van der Waals surface area contributed by atoms with E-state index in [0.717, 1.165) is 12.0 Å². The van der Waals surface area contributed by atoms with E-state index < -0.39 is 0 Å². The third-order valence-electron chi connectivity index (χ3n) is 5.54. The number of Topliss-reactive ketones (excluding diaryl/α,β-unsaturated/α-hetero) is 1. The molecule has 0 aliphatic heterocycles. The van der Waals surface area contributed by atoms with E-state index in [1.807, 2.05) is 43.3 Å². The highest BCUT2D eigenvalue weighted by molar-refractivity contribution is 6.04. The summed E-state index contributed by atoms with van der Waals surface area (Å²) in [5.41, 5.74) is 3.22. The van der Waals surface area contributed by atoms with Gasteiger partial charge in [0.1, 0.15) is 5.76 Å². The fourth-order valence-corrected chi connectivity index (χ4v) is 3.89. The van der Waals surface area contributed by atoms with Crippen LogP contribution < -0.4 is 10.6 Å². The van der Waals surface area contributed by atoms with Gasteiger partial charge in [-0.25, -0.2) is 0 Å². The van der Waals surface area contributed by atoms with Gasteiger partial charge in [0, 0.05) is 29.7 Å². The Morgan fingerprint density at radius 1 is 1.00 bits per heavy atom. The lowest BCUT2D eigenvalue weighted by atomic mass is 9.94. The third-order valence-corrected chi connectivity index (χ3v) is 5.54. The highest BCUT2D eigenvalue weighted by atomic mass is 16.4. The Balaban J connectivity index is 1.47. The second-order valence-corrected chi connectivity index (χ2v) is 7.77. The first-order valence-corrected chi connectivity index (χ1v) is 10.4. The number of aryl methyl sites for hydroxylation is 1. The molecule has 0 saturated carbocycles. The third kappa shape index (κ3) is 4.28. The first-order chi connectivity index (χ1) is 14.9. The second kappa shape index (κ2) is 8.60. The Bertz CT molecular complexity index is 1150. The number of nitrogens with one attached hydrogen (secondary N) is 2. The van der Waals surface area contributed by atoms with E-state index in [0.29, 0.717) is 41.0 Å². The number of benzene rings is 2. The highest BCUT2D eigenvalue weighted by Crippen LogP contribution is 2.29. The van der Waals surface area contributed by atoms with Crippen molar-refractivity contribution < 1.29 is 18.8 Å². The molecule has 0 fully saturated rings. The molecule has 1 aliphatic carbocycles. The van der Waals surface area contributed by atoms with Gasteiger partial charge in [-0.1, -0.05) is 30.3 Å². The first kappa shape index (κ1) is 20.6. The minimum absolute atomic E-state index is 0.0384. The maximum Gasteiger partial charge on any atom is 0.287 e. The van der Waals surface area contributed by atoms with Gasteiger partial charge in [0.15, 0.2) is 11.5 Å². The first-order valence-electron chi connectivity index (χ1n) is 10.4. The van der Waals surface area contributed by atoms with Crippen LogP contribution in [0.4, 0.5) is 5.69 Å². The summed E-state index contributed by atoms with van der Waals surface area (Å²) in [6.45, 7) is 3.62. The monoisotopic (exact) mass is 416 g/mol. The molecule has 1 heterocycles. The fraction of sp³-hybridized carbons (Fsp3) is 0.240. The van der Waals surface area contributed by atoms with Gasteiger partial charge < -0.3 is 15.1 Å². The summed E-state index contributed by atoms with van der Waals surface area (Å²) < 4.78 is 5.74. The molecule has 1 aromatic heterocycles. The SMILES string of the molecule is Cc1c(C(=O)N[C@@H](C)c2cccc(NC(=O)c3ccccc3)c2)oc2c1C(=O)CCC2. The van der Waals surface area contributed by atoms with Crippen LogP contribution in [-0.2, 0) is 6.42 Å². The van der Waals surface area contributed by atoms with Gasteiger partial charge in [-0.2, -0.15) is 0 Å². The summed E-state index contributed by atoms with van der Waals surface area (Å²) in [7, 11) is 0. The van der Waals surface area contributed by atoms with Crippen LogP contribution in [0.15, 0.2) is 59.0 Å². The molecule has 158 valence electrons. The van der Waals surface area contributed by atoms with Crippen molar-refractivity contribution in [3.8, 4) is 0 Å². The zero-order valence-corrected chi connectivity index (χ0v) is 17.5. The maximum absolute atomic E-state index is 12.8. The molecule has 2 aromatic carbocycles. The van der Waals surface area contributed by atoms with Crippen LogP contribution in [0.25, 0.3) is 0 Å². The predicted octanol–water partition coefficient (Wildman–Crippen LogP) is 4.85. The second-order valence-electron chi connectivity index (χ2n) is 7.77. The van der Waals surface area contributed by atoms with Crippen molar-refractivity contribution >= 4 is 23.3 Å². The molecule has 6 nitrogen and oxygen atoms in total. The molecule has 0 radical (unpaired) electrons. The standard InChI is InChI=1S/C25H24N2O4/c1-15-22-20(28)12-7-13-21(22)31-23(15)25(30)26-16(2)18-10-6-11-19(14-18)27-24(29)17-8-4-3-5-9-17/h3-6,8-11,14,16H,7,12-13H2,1-2H3,(H,26,30)(H,27,29)/t16-/m0/s1. The average Bonchev–Trinajstić information content (AvgIpc) is 3.12. The molecule has 4 rings (SSSR count). The molecule has 2 amide bonds. The van der Waals surface area contributed by atoms with Gasteiger partial charge >= 0.3 is 0 Å². The number of carbonyl (C=O) groups is 3. The van der Waals surface area contributed by atoms with Gasteiger partial charge in [-0.15, -0.1) is 0 Å². The van der Waals surface area contributed by atoms with Crippen molar-refractivity contribution in [1.82, 2.24) is 5.32 Å². The molecule has 2 N–H and O–H groups in total. The summed E-state index contributed by atoms with van der Waals surface area (Å²) in [5.74, 6) is 0.288. The van der Waals surface area contributed by atoms with Gasteiger partial charge in [-0.3, -0.25) is 14.4 Å². The Labute approximate surface area is 180 Å². The Kier molecular flexibility index (Phi) is 5.71. The minimum atomic E-state index is -0.356. The smallest absolute Gasteiger partial charge is 0.287 e. The van der Waals surface area contributed by atoms with Crippen molar-refractivity contribution in [2.45, 2.75) is 39.2 Å². The number of anilines is 1. The molecule has 6 heteroatoms. The fourth-order valence-electron chi connectivity index (χ4n) is 3.89. The number of carbonyl (C=O) groups excluding carboxylic acids is 3. The summed E-state index contributed by atoms with van der Waals surface area (Å²) in [5, 5.41) is 5.81. The van der Waals surface area contributed by atoms with E-state index in [1.165, 1.54) is 0 Å². The molecular weight excluding hydrogens is 392 g/mol. The number of hydrogen-bond acceptors (Lipinski definition) is 4. The largest absolute Gasteiger partial charge is 0.455 e. The Morgan fingerprint density at radius 3 is 2.52 bits per heavy atom. The van der Waals surface area contributed by atoms with Gasteiger partial charge in [-0.05, 0) is 50.1 Å². The van der Waals surface area contributed by atoms with Crippen LogP contribution in [0.5, 0.6) is 0 Å². The molecule has 0 unspecified atom stereocenters. The molecule has 31 heavy (non-hydrogen) atoms. The Hall–Kier alpha value is -3.67. The number of ketones is 1. The minimum Gasteiger partial charge on any atom is -0.455 e. The normalized spacial score (nSPS) is 13.9. The van der Waals surface area contributed by atoms with E-state index in [1.54, 1.807) is 25.1 Å². The lowest BCUT2D eigenvalue weighted by molar-refractivity contribution is 0.0905. The zero-order valence-electron chi connectivity index (χ0n) is 17.5. The average molecular weight is 416 g/mol. The zero-order chi connectivity index (χ0) is 22.0. The van der Waals surface area contributed by atoms with Crippen LogP contribution in [0, 0.1) is 6.92 Å². The molecule has 1 atom stereocenters. The summed E-state index contributed by atoms with van der Waals surface area (Å²) in [4.78, 5) is 37.4. The van der Waals surface area contributed by atoms with Crippen molar-refractivity contribution in [3.05, 3.63) is 88.4 Å². The van der Waals surface area contributed by atoms with Crippen molar-refractivity contribution in [2.24, 2.45) is 0 Å². The van der Waals surface area contributed by atoms with Crippen LogP contribution in [-0.4, -0.2) is 17.6 Å². The molecule has 0 spiro atoms. The number of fused-ring (bicyclic) bond motifs is 1. The molecule has 0 bridgehead atoms. The van der Waals surface area contributed by atoms with Crippen LogP contribution in [0.1, 0.15) is 74.0 Å². The molecule has 0 saturated heterocycles. The predicted molar refractivity (Wildman–Crippen MR) is 117 cm³/mol. The summed E-state index contributed by atoms with van der Waals surface area (Å²) >= 11 is 0. The maximum atomic E-state index is 12.8. The summed E-state index contributed by atoms with van der Waals surface area (Å²) in [6, 6.07) is 16.0. The lowest BCUT2D eigenvalue weighted by Gasteiger charge is -2.15.